The van der Waals surface area contributed by atoms with Crippen molar-refractivity contribution in [1.29, 1.82) is 0 Å². The van der Waals surface area contributed by atoms with Crippen molar-refractivity contribution in [2.24, 2.45) is 0 Å². The molecule has 3 heterocycles. The van der Waals surface area contributed by atoms with E-state index in [2.05, 4.69) is 46.4 Å². The van der Waals surface area contributed by atoms with Crippen LogP contribution >= 0.6 is 0 Å². The molecular formula is C26H21N5O4. The Morgan fingerprint density at radius 1 is 1.03 bits per heavy atom. The van der Waals surface area contributed by atoms with Crippen LogP contribution in [0.2, 0.25) is 0 Å². The zero-order chi connectivity index (χ0) is 23.8. The highest BCUT2D eigenvalue weighted by atomic mass is 16.5. The van der Waals surface area contributed by atoms with Gasteiger partial charge in [0.2, 0.25) is 5.95 Å². The summed E-state index contributed by atoms with van der Waals surface area (Å²) in [5.74, 6) is 0.445. The maximum absolute atomic E-state index is 12.8. The second-order valence-corrected chi connectivity index (χ2v) is 9.01. The standard InChI is InChI=1S/C26H21N5O4/c27-26-29-24-22(25(34)30-26)28-23(31(24)19-10-17(33)18(11-32)35-19)16-9-7-14-5-4-12-2-1-3-13-6-8-15(16)21(14)20(12)13/h1-9,17-19,32-33H,10-11H2,(H3,27,29,30,34)/t17-,18-,19-/m1/s1. The molecule has 5 N–H and O–H groups in total. The molecule has 4 aromatic carbocycles. The number of imidazole rings is 1. The fraction of sp³-hybridized carbons (Fsp3) is 0.192. The number of benzene rings is 4. The number of anilines is 1. The van der Waals surface area contributed by atoms with E-state index in [0.29, 0.717) is 5.82 Å². The highest BCUT2D eigenvalue weighted by molar-refractivity contribution is 6.25. The minimum absolute atomic E-state index is 0.0390. The number of nitrogens with two attached hydrogens (primary N) is 1. The van der Waals surface area contributed by atoms with E-state index in [-0.39, 0.29) is 30.1 Å². The Labute approximate surface area is 197 Å². The number of nitrogens with one attached hydrogen (secondary N) is 1. The van der Waals surface area contributed by atoms with E-state index >= 15 is 0 Å². The van der Waals surface area contributed by atoms with Gasteiger partial charge in [-0.1, -0.05) is 54.6 Å². The fourth-order valence-electron chi connectivity index (χ4n) is 5.43. The second-order valence-electron chi connectivity index (χ2n) is 9.01. The second kappa shape index (κ2) is 7.22. The molecule has 0 unspecified atom stereocenters. The summed E-state index contributed by atoms with van der Waals surface area (Å²) in [6, 6.07) is 18.6. The minimum atomic E-state index is -0.865. The molecule has 0 spiro atoms. The number of hydrogen-bond donors (Lipinski definition) is 4. The average Bonchev–Trinajstić information content (AvgIpc) is 3.42. The number of nitrogen functional groups attached to an aromatic ring is 1. The molecule has 6 aromatic rings. The lowest BCUT2D eigenvalue weighted by atomic mass is 9.92. The first-order valence-corrected chi connectivity index (χ1v) is 11.4. The Morgan fingerprint density at radius 3 is 2.49 bits per heavy atom. The van der Waals surface area contributed by atoms with E-state index in [1.165, 1.54) is 5.39 Å². The van der Waals surface area contributed by atoms with Gasteiger partial charge >= 0.3 is 0 Å². The lowest BCUT2D eigenvalue weighted by Gasteiger charge is -2.18. The number of aromatic amines is 1. The normalized spacial score (nSPS) is 20.7. The lowest BCUT2D eigenvalue weighted by Crippen LogP contribution is -2.24. The van der Waals surface area contributed by atoms with Gasteiger partial charge in [0, 0.05) is 12.0 Å². The molecule has 1 saturated heterocycles. The number of aliphatic hydroxyl groups is 2. The van der Waals surface area contributed by atoms with Gasteiger partial charge in [0.25, 0.3) is 5.56 Å². The van der Waals surface area contributed by atoms with Crippen LogP contribution in [0.15, 0.2) is 59.4 Å². The third kappa shape index (κ3) is 2.83. The Balaban J connectivity index is 1.57. The van der Waals surface area contributed by atoms with Gasteiger partial charge in [0.1, 0.15) is 18.2 Å². The van der Waals surface area contributed by atoms with E-state index in [4.69, 9.17) is 15.5 Å². The van der Waals surface area contributed by atoms with Crippen LogP contribution in [0.3, 0.4) is 0 Å². The summed E-state index contributed by atoms with van der Waals surface area (Å²) >= 11 is 0. The summed E-state index contributed by atoms with van der Waals surface area (Å²) in [5, 5.41) is 26.7. The Morgan fingerprint density at radius 2 is 1.74 bits per heavy atom. The van der Waals surface area contributed by atoms with Crippen molar-refractivity contribution >= 4 is 49.4 Å². The van der Waals surface area contributed by atoms with Gasteiger partial charge in [-0.2, -0.15) is 4.98 Å². The molecule has 174 valence electrons. The monoisotopic (exact) mass is 467 g/mol. The number of aliphatic hydroxyl groups excluding tert-OH is 2. The van der Waals surface area contributed by atoms with Crippen LogP contribution in [0.4, 0.5) is 5.95 Å². The number of ether oxygens (including phenoxy) is 1. The summed E-state index contributed by atoms with van der Waals surface area (Å²) in [4.78, 5) is 24.3. The maximum atomic E-state index is 12.8. The van der Waals surface area contributed by atoms with E-state index < -0.39 is 24.0 Å². The van der Waals surface area contributed by atoms with Crippen molar-refractivity contribution in [2.75, 3.05) is 12.3 Å². The first kappa shape index (κ1) is 20.3. The van der Waals surface area contributed by atoms with Crippen LogP contribution in [-0.4, -0.2) is 48.5 Å². The zero-order valence-electron chi connectivity index (χ0n) is 18.5. The first-order chi connectivity index (χ1) is 17.0. The third-order valence-corrected chi connectivity index (χ3v) is 7.01. The van der Waals surface area contributed by atoms with Gasteiger partial charge in [0.15, 0.2) is 11.2 Å². The smallest absolute Gasteiger partial charge is 0.280 e. The summed E-state index contributed by atoms with van der Waals surface area (Å²) < 4.78 is 7.69. The van der Waals surface area contributed by atoms with Crippen LogP contribution in [0, 0.1) is 0 Å². The fourth-order valence-corrected chi connectivity index (χ4v) is 5.43. The van der Waals surface area contributed by atoms with E-state index in [1.807, 2.05) is 18.2 Å². The molecule has 7 rings (SSSR count). The van der Waals surface area contributed by atoms with Gasteiger partial charge in [-0.05, 0) is 32.3 Å². The predicted molar refractivity (Wildman–Crippen MR) is 133 cm³/mol. The van der Waals surface area contributed by atoms with Gasteiger partial charge in [-0.25, -0.2) is 4.98 Å². The molecule has 0 amide bonds. The van der Waals surface area contributed by atoms with Gasteiger partial charge in [-0.3, -0.25) is 14.3 Å². The SMILES string of the molecule is Nc1nc2c(nc(-c3ccc4ccc5cccc6ccc3c4c56)n2[C@H]2C[C@@H](O)[C@@H](CO)O2)c(=O)[nH]1. The van der Waals surface area contributed by atoms with Crippen LogP contribution in [0.1, 0.15) is 12.6 Å². The van der Waals surface area contributed by atoms with Crippen LogP contribution in [-0.2, 0) is 4.74 Å². The molecule has 0 saturated carbocycles. The largest absolute Gasteiger partial charge is 0.394 e. The van der Waals surface area contributed by atoms with E-state index in [1.54, 1.807) is 4.57 Å². The van der Waals surface area contributed by atoms with Gasteiger partial charge in [-0.15, -0.1) is 0 Å². The van der Waals surface area contributed by atoms with Crippen LogP contribution in [0.5, 0.6) is 0 Å². The molecule has 1 fully saturated rings. The first-order valence-electron chi connectivity index (χ1n) is 11.4. The zero-order valence-corrected chi connectivity index (χ0v) is 18.5. The molecule has 0 aliphatic carbocycles. The van der Waals surface area contributed by atoms with E-state index in [0.717, 1.165) is 32.5 Å². The van der Waals surface area contributed by atoms with Gasteiger partial charge < -0.3 is 20.7 Å². The molecule has 2 aromatic heterocycles. The minimum Gasteiger partial charge on any atom is -0.394 e. The lowest BCUT2D eigenvalue weighted by molar-refractivity contribution is -0.0426. The average molecular weight is 467 g/mol. The number of nitrogens with zero attached hydrogens (tertiary/aromatic N) is 3. The van der Waals surface area contributed by atoms with Crippen molar-refractivity contribution in [3.05, 3.63) is 65.0 Å². The molecule has 1 aliphatic rings. The van der Waals surface area contributed by atoms with E-state index in [9.17, 15) is 15.0 Å². The molecule has 0 radical (unpaired) electrons. The third-order valence-electron chi connectivity index (χ3n) is 7.01. The molecule has 3 atom stereocenters. The van der Waals surface area contributed by atoms with Crippen molar-refractivity contribution in [3.63, 3.8) is 0 Å². The summed E-state index contributed by atoms with van der Waals surface area (Å²) in [6.07, 6.45) is -2.08. The maximum Gasteiger partial charge on any atom is 0.280 e. The van der Waals surface area contributed by atoms with Crippen LogP contribution < -0.4 is 11.3 Å². The Bertz CT molecular complexity index is 1810. The number of fused-ring (bicyclic) bond motifs is 1. The summed E-state index contributed by atoms with van der Waals surface area (Å²) in [5.41, 5.74) is 6.62. The summed E-state index contributed by atoms with van der Waals surface area (Å²) in [7, 11) is 0. The summed E-state index contributed by atoms with van der Waals surface area (Å²) in [6.45, 7) is -0.325. The Kier molecular flexibility index (Phi) is 4.20. The molecule has 9 heteroatoms. The topological polar surface area (TPSA) is 139 Å². The highest BCUT2D eigenvalue weighted by Crippen LogP contribution is 2.41. The van der Waals surface area contributed by atoms with Crippen molar-refractivity contribution < 1.29 is 14.9 Å². The predicted octanol–water partition coefficient (Wildman–Crippen LogP) is 2.91. The molecule has 9 nitrogen and oxygen atoms in total. The van der Waals surface area contributed by atoms with Gasteiger partial charge in [0.05, 0.1) is 12.7 Å². The highest BCUT2D eigenvalue weighted by Gasteiger charge is 2.37. The Hall–Kier alpha value is -4.05. The van der Waals surface area contributed by atoms with Crippen molar-refractivity contribution in [1.82, 2.24) is 19.5 Å². The molecule has 0 bridgehead atoms. The number of hydrogen-bond acceptors (Lipinski definition) is 7. The quantitative estimate of drug-likeness (QED) is 0.294. The van der Waals surface area contributed by atoms with Crippen LogP contribution in [0.25, 0.3) is 54.9 Å². The molecule has 35 heavy (non-hydrogen) atoms. The molecular weight excluding hydrogens is 446 g/mol. The van der Waals surface area contributed by atoms with Crippen molar-refractivity contribution in [3.8, 4) is 11.4 Å². The number of aromatic nitrogens is 4. The number of rotatable bonds is 3. The number of H-pyrrole nitrogens is 1. The van der Waals surface area contributed by atoms with Crippen molar-refractivity contribution in [2.45, 2.75) is 24.9 Å². The molecule has 1 aliphatic heterocycles.